The summed E-state index contributed by atoms with van der Waals surface area (Å²) in [5.74, 6) is 0. The number of aryl methyl sites for hydroxylation is 1. The Labute approximate surface area is 92.4 Å². The molecule has 1 rings (SSSR count). The smallest absolute Gasteiger partial charge is 0.0662 e. The highest BCUT2D eigenvalue weighted by Gasteiger charge is 2.10. The standard InChI is InChI=1S/C13H21NO/c1-9(2)15-8-13(14)12-7-5-6-10(3)11(12)4/h5-7,9,13H,8,14H2,1-4H3. The topological polar surface area (TPSA) is 35.2 Å². The van der Waals surface area contributed by atoms with E-state index in [1.165, 1.54) is 16.7 Å². The first-order valence-electron chi connectivity index (χ1n) is 5.45. The van der Waals surface area contributed by atoms with Gasteiger partial charge in [-0.25, -0.2) is 0 Å². The van der Waals surface area contributed by atoms with Crippen LogP contribution >= 0.6 is 0 Å². The Balaban J connectivity index is 2.73. The highest BCUT2D eigenvalue weighted by molar-refractivity contribution is 5.35. The molecule has 1 unspecified atom stereocenters. The largest absolute Gasteiger partial charge is 0.377 e. The van der Waals surface area contributed by atoms with Gasteiger partial charge in [-0.3, -0.25) is 0 Å². The molecule has 1 atom stereocenters. The molecule has 1 aromatic carbocycles. The molecular weight excluding hydrogens is 186 g/mol. The van der Waals surface area contributed by atoms with E-state index in [4.69, 9.17) is 10.5 Å². The predicted octanol–water partition coefficient (Wildman–Crippen LogP) is 2.73. The van der Waals surface area contributed by atoms with Gasteiger partial charge in [-0.05, 0) is 44.4 Å². The lowest BCUT2D eigenvalue weighted by Gasteiger charge is -2.17. The Morgan fingerprint density at radius 1 is 1.27 bits per heavy atom. The van der Waals surface area contributed by atoms with Crippen LogP contribution in [0, 0.1) is 13.8 Å². The highest BCUT2D eigenvalue weighted by Crippen LogP contribution is 2.19. The second-order valence-electron chi connectivity index (χ2n) is 4.28. The van der Waals surface area contributed by atoms with Gasteiger partial charge in [0.2, 0.25) is 0 Å². The molecule has 2 N–H and O–H groups in total. The summed E-state index contributed by atoms with van der Waals surface area (Å²) in [6.45, 7) is 8.85. The Hall–Kier alpha value is -0.860. The van der Waals surface area contributed by atoms with E-state index in [2.05, 4.69) is 26.0 Å². The Bertz CT molecular complexity index is 320. The molecule has 0 amide bonds. The zero-order valence-electron chi connectivity index (χ0n) is 10.1. The van der Waals surface area contributed by atoms with Crippen LogP contribution in [0.25, 0.3) is 0 Å². The summed E-state index contributed by atoms with van der Waals surface area (Å²) in [5, 5.41) is 0. The monoisotopic (exact) mass is 207 g/mol. The third-order valence-electron chi connectivity index (χ3n) is 2.66. The van der Waals surface area contributed by atoms with Gasteiger partial charge in [0.1, 0.15) is 0 Å². The first-order valence-corrected chi connectivity index (χ1v) is 5.45. The maximum absolute atomic E-state index is 6.09. The van der Waals surface area contributed by atoms with Gasteiger partial charge in [0.25, 0.3) is 0 Å². The summed E-state index contributed by atoms with van der Waals surface area (Å²) < 4.78 is 5.53. The normalized spacial score (nSPS) is 13.2. The van der Waals surface area contributed by atoms with Gasteiger partial charge < -0.3 is 10.5 Å². The van der Waals surface area contributed by atoms with Crippen LogP contribution in [-0.4, -0.2) is 12.7 Å². The molecule has 0 saturated heterocycles. The summed E-state index contributed by atoms with van der Waals surface area (Å²) >= 11 is 0. The fourth-order valence-corrected chi connectivity index (χ4v) is 1.56. The Morgan fingerprint density at radius 3 is 2.53 bits per heavy atom. The maximum atomic E-state index is 6.09. The van der Waals surface area contributed by atoms with E-state index in [1.807, 2.05) is 19.9 Å². The molecule has 15 heavy (non-hydrogen) atoms. The lowest BCUT2D eigenvalue weighted by Crippen LogP contribution is -2.20. The lowest BCUT2D eigenvalue weighted by atomic mass is 9.98. The zero-order valence-corrected chi connectivity index (χ0v) is 10.1. The number of nitrogens with two attached hydrogens (primary N) is 1. The lowest BCUT2D eigenvalue weighted by molar-refractivity contribution is 0.0682. The second-order valence-corrected chi connectivity index (χ2v) is 4.28. The van der Waals surface area contributed by atoms with Gasteiger partial charge in [0.15, 0.2) is 0 Å². The van der Waals surface area contributed by atoms with Gasteiger partial charge in [0.05, 0.1) is 18.8 Å². The number of hydrogen-bond donors (Lipinski definition) is 1. The van der Waals surface area contributed by atoms with E-state index < -0.39 is 0 Å². The van der Waals surface area contributed by atoms with Gasteiger partial charge >= 0.3 is 0 Å². The molecule has 0 spiro atoms. The van der Waals surface area contributed by atoms with Crippen molar-refractivity contribution in [1.82, 2.24) is 0 Å². The molecule has 0 bridgehead atoms. The minimum atomic E-state index is -0.0210. The molecule has 0 heterocycles. The number of rotatable bonds is 4. The van der Waals surface area contributed by atoms with E-state index >= 15 is 0 Å². The summed E-state index contributed by atoms with van der Waals surface area (Å²) in [5.41, 5.74) is 9.84. The molecule has 84 valence electrons. The third-order valence-corrected chi connectivity index (χ3v) is 2.66. The molecule has 0 aromatic heterocycles. The Morgan fingerprint density at radius 2 is 1.93 bits per heavy atom. The van der Waals surface area contributed by atoms with E-state index in [0.717, 1.165) is 0 Å². The number of hydrogen-bond acceptors (Lipinski definition) is 2. The third kappa shape index (κ3) is 3.33. The van der Waals surface area contributed by atoms with Crippen molar-refractivity contribution in [3.05, 3.63) is 34.9 Å². The molecule has 2 nitrogen and oxygen atoms in total. The molecule has 0 aliphatic carbocycles. The fourth-order valence-electron chi connectivity index (χ4n) is 1.56. The molecule has 0 aliphatic rings. The summed E-state index contributed by atoms with van der Waals surface area (Å²) in [4.78, 5) is 0. The van der Waals surface area contributed by atoms with Crippen molar-refractivity contribution >= 4 is 0 Å². The summed E-state index contributed by atoms with van der Waals surface area (Å²) in [7, 11) is 0. The van der Waals surface area contributed by atoms with Crippen molar-refractivity contribution in [3.63, 3.8) is 0 Å². The van der Waals surface area contributed by atoms with Crippen molar-refractivity contribution in [2.45, 2.75) is 39.8 Å². The minimum Gasteiger partial charge on any atom is -0.377 e. The van der Waals surface area contributed by atoms with Crippen molar-refractivity contribution < 1.29 is 4.74 Å². The van der Waals surface area contributed by atoms with E-state index in [0.29, 0.717) is 6.61 Å². The van der Waals surface area contributed by atoms with Crippen LogP contribution in [0.3, 0.4) is 0 Å². The highest BCUT2D eigenvalue weighted by atomic mass is 16.5. The molecule has 0 aliphatic heterocycles. The number of benzene rings is 1. The van der Waals surface area contributed by atoms with E-state index in [1.54, 1.807) is 0 Å². The average molecular weight is 207 g/mol. The molecule has 0 fully saturated rings. The summed E-state index contributed by atoms with van der Waals surface area (Å²) in [6, 6.07) is 6.21. The molecular formula is C13H21NO. The van der Waals surface area contributed by atoms with Crippen molar-refractivity contribution in [2.75, 3.05) is 6.61 Å². The zero-order chi connectivity index (χ0) is 11.4. The van der Waals surface area contributed by atoms with Crippen LogP contribution in [0.5, 0.6) is 0 Å². The van der Waals surface area contributed by atoms with Gasteiger partial charge in [0, 0.05) is 0 Å². The first-order chi connectivity index (χ1) is 7.02. The van der Waals surface area contributed by atoms with Gasteiger partial charge in [-0.1, -0.05) is 18.2 Å². The minimum absolute atomic E-state index is 0.0210. The first kappa shape index (κ1) is 12.2. The molecule has 0 saturated carbocycles. The van der Waals surface area contributed by atoms with E-state index in [9.17, 15) is 0 Å². The van der Waals surface area contributed by atoms with Crippen molar-refractivity contribution in [3.8, 4) is 0 Å². The van der Waals surface area contributed by atoms with Crippen LogP contribution in [0.4, 0.5) is 0 Å². The Kier molecular flexibility index (Phi) is 4.30. The fraction of sp³-hybridized carbons (Fsp3) is 0.538. The van der Waals surface area contributed by atoms with Crippen molar-refractivity contribution in [2.24, 2.45) is 5.73 Å². The summed E-state index contributed by atoms with van der Waals surface area (Å²) in [6.07, 6.45) is 0.237. The van der Waals surface area contributed by atoms with Crippen LogP contribution in [0.15, 0.2) is 18.2 Å². The quantitative estimate of drug-likeness (QED) is 0.824. The molecule has 2 heteroatoms. The molecule has 1 aromatic rings. The second kappa shape index (κ2) is 5.29. The van der Waals surface area contributed by atoms with Crippen molar-refractivity contribution in [1.29, 1.82) is 0 Å². The molecule has 0 radical (unpaired) electrons. The SMILES string of the molecule is Cc1cccc(C(N)COC(C)C)c1C. The van der Waals surface area contributed by atoms with Crippen LogP contribution in [-0.2, 0) is 4.74 Å². The van der Waals surface area contributed by atoms with Gasteiger partial charge in [-0.2, -0.15) is 0 Å². The van der Waals surface area contributed by atoms with Crippen LogP contribution < -0.4 is 5.73 Å². The van der Waals surface area contributed by atoms with Crippen LogP contribution in [0.2, 0.25) is 0 Å². The predicted molar refractivity (Wildman–Crippen MR) is 63.9 cm³/mol. The number of ether oxygens (including phenoxy) is 1. The maximum Gasteiger partial charge on any atom is 0.0662 e. The van der Waals surface area contributed by atoms with Crippen LogP contribution in [0.1, 0.15) is 36.6 Å². The average Bonchev–Trinajstić information content (AvgIpc) is 2.18. The van der Waals surface area contributed by atoms with E-state index in [-0.39, 0.29) is 12.1 Å². The van der Waals surface area contributed by atoms with Gasteiger partial charge in [-0.15, -0.1) is 0 Å².